The summed E-state index contributed by atoms with van der Waals surface area (Å²) < 4.78 is 5.77. The van der Waals surface area contributed by atoms with E-state index in [0.29, 0.717) is 0 Å². The van der Waals surface area contributed by atoms with Crippen LogP contribution in [-0.4, -0.2) is 75.3 Å². The summed E-state index contributed by atoms with van der Waals surface area (Å²) in [5, 5.41) is 3.47. The zero-order valence-electron chi connectivity index (χ0n) is 13.0. The number of nitrogens with zero attached hydrogens (tertiary/aromatic N) is 3. The fraction of sp³-hybridized carbons (Fsp3) is 0.929. The van der Waals surface area contributed by atoms with Gasteiger partial charge < -0.3 is 19.9 Å². The highest BCUT2D eigenvalue weighted by Crippen LogP contribution is 2.15. The van der Waals surface area contributed by atoms with Gasteiger partial charge in [-0.05, 0) is 25.8 Å². The Morgan fingerprint density at radius 1 is 1.30 bits per heavy atom. The lowest BCUT2D eigenvalue weighted by Gasteiger charge is -2.35. The van der Waals surface area contributed by atoms with E-state index >= 15 is 0 Å². The van der Waals surface area contributed by atoms with Crippen LogP contribution in [0.4, 0.5) is 0 Å². The van der Waals surface area contributed by atoms with Gasteiger partial charge in [-0.3, -0.25) is 4.99 Å². The van der Waals surface area contributed by atoms with Gasteiger partial charge in [-0.25, -0.2) is 0 Å². The van der Waals surface area contributed by atoms with Crippen LogP contribution in [0.3, 0.4) is 0 Å². The van der Waals surface area contributed by atoms with Crippen molar-refractivity contribution in [3.63, 3.8) is 0 Å². The van der Waals surface area contributed by atoms with E-state index in [9.17, 15) is 0 Å². The van der Waals surface area contributed by atoms with Crippen molar-refractivity contribution >= 4 is 29.9 Å². The van der Waals surface area contributed by atoms with Gasteiger partial charge in [0, 0.05) is 39.8 Å². The first kappa shape index (κ1) is 18.0. The number of likely N-dealkylation sites (N-methyl/N-ethyl adjacent to an activating group) is 1. The van der Waals surface area contributed by atoms with Crippen LogP contribution < -0.4 is 5.32 Å². The Morgan fingerprint density at radius 2 is 2.00 bits per heavy atom. The molecule has 20 heavy (non-hydrogen) atoms. The number of aliphatic imine (C=N–C) groups is 1. The third-order valence-corrected chi connectivity index (χ3v) is 4.12. The smallest absolute Gasteiger partial charge is 0.193 e. The molecular weight excluding hydrogens is 367 g/mol. The number of morpholine rings is 1. The minimum absolute atomic E-state index is 0. The molecule has 0 saturated carbocycles. The van der Waals surface area contributed by atoms with E-state index in [0.717, 1.165) is 51.2 Å². The van der Waals surface area contributed by atoms with E-state index in [1.54, 1.807) is 0 Å². The SMILES string of the molecule is CN=C(NCC1CN(C)CCO1)N1CCC(C)CC1.I. The molecule has 2 heterocycles. The summed E-state index contributed by atoms with van der Waals surface area (Å²) in [7, 11) is 4.02. The number of nitrogens with one attached hydrogen (secondary N) is 1. The number of halogens is 1. The molecule has 0 amide bonds. The second-order valence-corrected chi connectivity index (χ2v) is 5.85. The van der Waals surface area contributed by atoms with Crippen LogP contribution in [0.2, 0.25) is 0 Å². The molecule has 2 saturated heterocycles. The number of likely N-dealkylation sites (tertiary alicyclic amines) is 1. The molecule has 0 radical (unpaired) electrons. The molecule has 1 atom stereocenters. The maximum atomic E-state index is 5.77. The van der Waals surface area contributed by atoms with Crippen molar-refractivity contribution in [3.8, 4) is 0 Å². The lowest BCUT2D eigenvalue weighted by molar-refractivity contribution is -0.0164. The zero-order valence-corrected chi connectivity index (χ0v) is 15.3. The molecule has 0 aromatic heterocycles. The third-order valence-electron chi connectivity index (χ3n) is 4.12. The quantitative estimate of drug-likeness (QED) is 0.433. The van der Waals surface area contributed by atoms with Gasteiger partial charge in [0.1, 0.15) is 0 Å². The van der Waals surface area contributed by atoms with E-state index < -0.39 is 0 Å². The van der Waals surface area contributed by atoms with E-state index in [1.807, 2.05) is 7.05 Å². The average Bonchev–Trinajstić information content (AvgIpc) is 2.41. The zero-order chi connectivity index (χ0) is 13.7. The third kappa shape index (κ3) is 5.37. The average molecular weight is 396 g/mol. The molecule has 0 aromatic rings. The molecule has 6 heteroatoms. The van der Waals surface area contributed by atoms with Crippen LogP contribution in [0.15, 0.2) is 4.99 Å². The molecule has 5 nitrogen and oxygen atoms in total. The van der Waals surface area contributed by atoms with Crippen LogP contribution in [0.25, 0.3) is 0 Å². The molecule has 118 valence electrons. The highest BCUT2D eigenvalue weighted by atomic mass is 127. The second kappa shape index (κ2) is 9.04. The number of rotatable bonds is 2. The Balaban J connectivity index is 0.00000200. The van der Waals surface area contributed by atoms with Gasteiger partial charge in [0.25, 0.3) is 0 Å². The van der Waals surface area contributed by atoms with Gasteiger partial charge in [-0.1, -0.05) is 6.92 Å². The molecule has 0 aliphatic carbocycles. The first-order valence-corrected chi connectivity index (χ1v) is 7.44. The minimum atomic E-state index is 0. The van der Waals surface area contributed by atoms with Crippen LogP contribution in [0, 0.1) is 5.92 Å². The van der Waals surface area contributed by atoms with Gasteiger partial charge in [0.15, 0.2) is 5.96 Å². The van der Waals surface area contributed by atoms with E-state index in [1.165, 1.54) is 12.8 Å². The van der Waals surface area contributed by atoms with Crippen molar-refractivity contribution in [2.24, 2.45) is 10.9 Å². The van der Waals surface area contributed by atoms with Crippen LogP contribution in [0.1, 0.15) is 19.8 Å². The lowest BCUT2D eigenvalue weighted by atomic mass is 10.00. The summed E-state index contributed by atoms with van der Waals surface area (Å²) in [6.07, 6.45) is 2.81. The van der Waals surface area contributed by atoms with E-state index in [-0.39, 0.29) is 30.1 Å². The number of hydrogen-bond donors (Lipinski definition) is 1. The fourth-order valence-electron chi connectivity index (χ4n) is 2.75. The number of guanidine groups is 1. The summed E-state index contributed by atoms with van der Waals surface area (Å²) in [5.74, 6) is 1.88. The molecule has 2 fully saturated rings. The van der Waals surface area contributed by atoms with Gasteiger partial charge >= 0.3 is 0 Å². The highest BCUT2D eigenvalue weighted by Gasteiger charge is 2.21. The Hall–Kier alpha value is -0.0800. The first-order valence-electron chi connectivity index (χ1n) is 7.44. The van der Waals surface area contributed by atoms with Gasteiger partial charge in [0.05, 0.1) is 12.7 Å². The van der Waals surface area contributed by atoms with E-state index in [2.05, 4.69) is 34.1 Å². The molecule has 2 aliphatic heterocycles. The summed E-state index contributed by atoms with van der Waals surface area (Å²) in [6.45, 7) is 8.29. The summed E-state index contributed by atoms with van der Waals surface area (Å²) >= 11 is 0. The predicted octanol–water partition coefficient (Wildman–Crippen LogP) is 1.24. The summed E-state index contributed by atoms with van der Waals surface area (Å²) in [4.78, 5) is 9.09. The van der Waals surface area contributed by atoms with Crippen LogP contribution in [0.5, 0.6) is 0 Å². The molecule has 0 aromatic carbocycles. The highest BCUT2D eigenvalue weighted by molar-refractivity contribution is 14.0. The Kier molecular flexibility index (Phi) is 8.13. The molecule has 0 spiro atoms. The predicted molar refractivity (Wildman–Crippen MR) is 94.0 cm³/mol. The fourth-order valence-corrected chi connectivity index (χ4v) is 2.75. The van der Waals surface area contributed by atoms with Crippen molar-refractivity contribution in [1.82, 2.24) is 15.1 Å². The van der Waals surface area contributed by atoms with Crippen molar-refractivity contribution in [1.29, 1.82) is 0 Å². The van der Waals surface area contributed by atoms with Crippen molar-refractivity contribution in [3.05, 3.63) is 0 Å². The normalized spacial score (nSPS) is 26.2. The largest absolute Gasteiger partial charge is 0.374 e. The number of ether oxygens (including phenoxy) is 1. The first-order chi connectivity index (χ1) is 9.19. The molecule has 2 rings (SSSR count). The van der Waals surface area contributed by atoms with Gasteiger partial charge in [0.2, 0.25) is 0 Å². The molecule has 0 bridgehead atoms. The topological polar surface area (TPSA) is 40.1 Å². The molecular formula is C14H29IN4O. The van der Waals surface area contributed by atoms with Gasteiger partial charge in [-0.15, -0.1) is 24.0 Å². The van der Waals surface area contributed by atoms with Crippen molar-refractivity contribution in [2.45, 2.75) is 25.9 Å². The summed E-state index contributed by atoms with van der Waals surface area (Å²) in [5.41, 5.74) is 0. The minimum Gasteiger partial charge on any atom is -0.374 e. The van der Waals surface area contributed by atoms with Crippen molar-refractivity contribution in [2.75, 3.05) is 53.4 Å². The molecule has 1 unspecified atom stereocenters. The Bertz CT molecular complexity index is 306. The Morgan fingerprint density at radius 3 is 2.60 bits per heavy atom. The number of piperidine rings is 1. The number of hydrogen-bond acceptors (Lipinski definition) is 3. The summed E-state index contributed by atoms with van der Waals surface area (Å²) in [6, 6.07) is 0. The Labute approximate surface area is 140 Å². The molecule has 1 N–H and O–H groups in total. The van der Waals surface area contributed by atoms with Crippen LogP contribution in [-0.2, 0) is 4.74 Å². The maximum Gasteiger partial charge on any atom is 0.193 e. The maximum absolute atomic E-state index is 5.77. The monoisotopic (exact) mass is 396 g/mol. The van der Waals surface area contributed by atoms with Crippen LogP contribution >= 0.6 is 24.0 Å². The lowest BCUT2D eigenvalue weighted by Crippen LogP contribution is -2.50. The van der Waals surface area contributed by atoms with Crippen molar-refractivity contribution < 1.29 is 4.74 Å². The standard InChI is InChI=1S/C14H28N4O.HI/c1-12-4-6-18(7-5-12)14(15-2)16-10-13-11-17(3)8-9-19-13;/h12-13H,4-11H2,1-3H3,(H,15,16);1H. The molecule has 2 aliphatic rings. The second-order valence-electron chi connectivity index (χ2n) is 5.85. The van der Waals surface area contributed by atoms with E-state index in [4.69, 9.17) is 4.74 Å². The van der Waals surface area contributed by atoms with Gasteiger partial charge in [-0.2, -0.15) is 0 Å².